The van der Waals surface area contributed by atoms with Crippen LogP contribution in [0.2, 0.25) is 0 Å². The molecule has 37 heavy (non-hydrogen) atoms. The Morgan fingerprint density at radius 1 is 0.973 bits per heavy atom. The highest BCUT2D eigenvalue weighted by molar-refractivity contribution is 7.47. The Hall–Kier alpha value is -2.69. The smallest absolute Gasteiger partial charge is 0.394 e. The van der Waals surface area contributed by atoms with Crippen LogP contribution in [0.5, 0.6) is 0 Å². The molecular formula is C20H27N4O12P. The topological polar surface area (TPSA) is 224 Å². The first kappa shape index (κ1) is 27.3. The number of phosphoric acid groups is 1. The third-order valence-corrected chi connectivity index (χ3v) is 7.16. The summed E-state index contributed by atoms with van der Waals surface area (Å²) in [6.07, 6.45) is -4.07. The molecule has 2 saturated heterocycles. The largest absolute Gasteiger partial charge is 0.472 e. The van der Waals surface area contributed by atoms with Crippen molar-refractivity contribution in [2.75, 3.05) is 13.2 Å². The van der Waals surface area contributed by atoms with Crippen molar-refractivity contribution >= 4 is 7.82 Å². The molecule has 0 aromatic carbocycles. The number of aromatic amines is 2. The van der Waals surface area contributed by atoms with Gasteiger partial charge in [0, 0.05) is 36.4 Å². The molecule has 2 aliphatic heterocycles. The zero-order chi connectivity index (χ0) is 27.1. The van der Waals surface area contributed by atoms with E-state index in [1.165, 1.54) is 26.2 Å². The minimum absolute atomic E-state index is 0.0475. The number of aromatic nitrogens is 4. The maximum absolute atomic E-state index is 12.6. The third-order valence-electron chi connectivity index (χ3n) is 6.15. The molecule has 2 aromatic heterocycles. The molecule has 4 heterocycles. The molecule has 5 N–H and O–H groups in total. The number of hydrogen-bond donors (Lipinski definition) is 5. The number of H-pyrrole nitrogens is 2. The summed E-state index contributed by atoms with van der Waals surface area (Å²) < 4.78 is 36.2. The van der Waals surface area contributed by atoms with Gasteiger partial charge in [0.05, 0.1) is 19.3 Å². The second kappa shape index (κ2) is 10.6. The molecule has 7 atom stereocenters. The highest BCUT2D eigenvalue weighted by atomic mass is 31.2. The van der Waals surface area contributed by atoms with Gasteiger partial charge < -0.3 is 24.6 Å². The summed E-state index contributed by atoms with van der Waals surface area (Å²) in [7, 11) is -4.78. The fourth-order valence-electron chi connectivity index (χ4n) is 4.15. The second-order valence-corrected chi connectivity index (χ2v) is 10.3. The van der Waals surface area contributed by atoms with Crippen LogP contribution < -0.4 is 22.5 Å². The summed E-state index contributed by atoms with van der Waals surface area (Å²) >= 11 is 0. The highest BCUT2D eigenvalue weighted by Gasteiger charge is 2.43. The zero-order valence-electron chi connectivity index (χ0n) is 19.8. The molecule has 0 amide bonds. The van der Waals surface area contributed by atoms with Crippen LogP contribution in [0.1, 0.15) is 36.4 Å². The zero-order valence-corrected chi connectivity index (χ0v) is 20.7. The number of phosphoric ester groups is 1. The van der Waals surface area contributed by atoms with Crippen LogP contribution in [0.25, 0.3) is 0 Å². The molecule has 17 heteroatoms. The average Bonchev–Trinajstić information content (AvgIpc) is 3.39. The average molecular weight is 546 g/mol. The van der Waals surface area contributed by atoms with Crippen LogP contribution in [0.4, 0.5) is 0 Å². The lowest BCUT2D eigenvalue weighted by molar-refractivity contribution is -0.0576. The van der Waals surface area contributed by atoms with Crippen molar-refractivity contribution in [3.8, 4) is 0 Å². The Labute approximate surface area is 207 Å². The number of nitrogens with zero attached hydrogens (tertiary/aromatic N) is 2. The SMILES string of the molecule is Cc1cn([C@H]2C[C@H](O)[C@H](COP(=O)(O)O[C@H]3C[C@H](n4cc(C)c(=O)[nH]c4=O)O[C@@H]3CO)O2)c(=O)[nH]c1=O. The van der Waals surface area contributed by atoms with Gasteiger partial charge in [-0.15, -0.1) is 0 Å². The van der Waals surface area contributed by atoms with Gasteiger partial charge in [-0.2, -0.15) is 0 Å². The van der Waals surface area contributed by atoms with Crippen molar-refractivity contribution in [1.29, 1.82) is 0 Å². The summed E-state index contributed by atoms with van der Waals surface area (Å²) in [6, 6.07) is 0. The second-order valence-electron chi connectivity index (χ2n) is 8.85. The minimum atomic E-state index is -4.78. The van der Waals surface area contributed by atoms with Gasteiger partial charge in [-0.1, -0.05) is 0 Å². The lowest BCUT2D eigenvalue weighted by Crippen LogP contribution is -2.33. The van der Waals surface area contributed by atoms with Gasteiger partial charge in [-0.05, 0) is 13.8 Å². The van der Waals surface area contributed by atoms with Crippen LogP contribution in [0.3, 0.4) is 0 Å². The molecule has 16 nitrogen and oxygen atoms in total. The Balaban J connectivity index is 1.39. The van der Waals surface area contributed by atoms with E-state index in [0.717, 1.165) is 9.13 Å². The number of aliphatic hydroxyl groups excluding tert-OH is 2. The molecule has 2 aliphatic rings. The van der Waals surface area contributed by atoms with Gasteiger partial charge in [0.25, 0.3) is 11.1 Å². The van der Waals surface area contributed by atoms with Crippen molar-refractivity contribution in [1.82, 2.24) is 19.1 Å². The van der Waals surface area contributed by atoms with Crippen molar-refractivity contribution < 1.29 is 38.2 Å². The molecule has 0 spiro atoms. The molecule has 2 fully saturated rings. The lowest BCUT2D eigenvalue weighted by atomic mass is 10.2. The van der Waals surface area contributed by atoms with Crippen molar-refractivity contribution in [2.45, 2.75) is 63.6 Å². The van der Waals surface area contributed by atoms with Crippen LogP contribution in [0.15, 0.2) is 31.6 Å². The maximum atomic E-state index is 12.6. The fraction of sp³-hybridized carbons (Fsp3) is 0.600. The normalized spacial score (nSPS) is 29.4. The van der Waals surface area contributed by atoms with E-state index in [1.54, 1.807) is 0 Å². The number of nitrogens with one attached hydrogen (secondary N) is 2. The Bertz CT molecular complexity index is 1430. The molecule has 2 aromatic rings. The van der Waals surface area contributed by atoms with Crippen molar-refractivity contribution in [3.05, 3.63) is 65.2 Å². The predicted molar refractivity (Wildman–Crippen MR) is 123 cm³/mol. The minimum Gasteiger partial charge on any atom is -0.394 e. The molecular weight excluding hydrogens is 519 g/mol. The first-order valence-corrected chi connectivity index (χ1v) is 12.8. The Morgan fingerprint density at radius 2 is 1.49 bits per heavy atom. The Kier molecular flexibility index (Phi) is 7.83. The maximum Gasteiger partial charge on any atom is 0.472 e. The van der Waals surface area contributed by atoms with E-state index in [9.17, 15) is 38.8 Å². The van der Waals surface area contributed by atoms with Crippen LogP contribution in [0, 0.1) is 13.8 Å². The molecule has 0 saturated carbocycles. The molecule has 4 rings (SSSR count). The van der Waals surface area contributed by atoms with Gasteiger partial charge in [-0.3, -0.25) is 37.7 Å². The van der Waals surface area contributed by atoms with Gasteiger partial charge in [-0.25, -0.2) is 14.2 Å². The summed E-state index contributed by atoms with van der Waals surface area (Å²) in [5.74, 6) is 0. The van der Waals surface area contributed by atoms with E-state index in [1.807, 2.05) is 0 Å². The molecule has 1 unspecified atom stereocenters. The fourth-order valence-corrected chi connectivity index (χ4v) is 5.11. The monoisotopic (exact) mass is 546 g/mol. The first-order chi connectivity index (χ1) is 17.4. The number of hydrogen-bond acceptors (Lipinski definition) is 11. The quantitative estimate of drug-likeness (QED) is 0.230. The van der Waals surface area contributed by atoms with Crippen molar-refractivity contribution in [2.24, 2.45) is 0 Å². The summed E-state index contributed by atoms with van der Waals surface area (Å²) in [6.45, 7) is 1.79. The summed E-state index contributed by atoms with van der Waals surface area (Å²) in [5, 5.41) is 19.9. The van der Waals surface area contributed by atoms with E-state index in [0.29, 0.717) is 0 Å². The van der Waals surface area contributed by atoms with E-state index in [2.05, 4.69) is 9.97 Å². The molecule has 0 bridgehead atoms. The van der Waals surface area contributed by atoms with E-state index in [-0.39, 0.29) is 24.0 Å². The molecule has 0 radical (unpaired) electrons. The standard InChI is InChI=1S/C20H27N4O12P/c1-9-5-23(19(29)21-17(9)27)15-3-11(26)14(35-15)8-33-37(31,32)36-12-4-16(34-13(12)7-25)24-6-10(2)18(28)22-20(24)30/h5-6,11-16,25-26H,3-4,7-8H2,1-2H3,(H,31,32)(H,21,27,29)(H,22,28,30)/t11-,12-,13+,14-,15+,16+/m0/s1. The molecule has 204 valence electrons. The number of aryl methyl sites for hydroxylation is 2. The van der Waals surface area contributed by atoms with Gasteiger partial charge >= 0.3 is 19.2 Å². The predicted octanol–water partition coefficient (Wildman–Crippen LogP) is -1.87. The first-order valence-electron chi connectivity index (χ1n) is 11.3. The van der Waals surface area contributed by atoms with Crippen molar-refractivity contribution in [3.63, 3.8) is 0 Å². The van der Waals surface area contributed by atoms with E-state index in [4.69, 9.17) is 18.5 Å². The van der Waals surface area contributed by atoms with Gasteiger partial charge in [0.2, 0.25) is 0 Å². The van der Waals surface area contributed by atoms with E-state index < -0.39 is 80.4 Å². The molecule has 0 aliphatic carbocycles. The van der Waals surface area contributed by atoms with Gasteiger partial charge in [0.15, 0.2) is 0 Å². The number of aliphatic hydroxyl groups is 2. The Morgan fingerprint density at radius 3 is 2.03 bits per heavy atom. The highest BCUT2D eigenvalue weighted by Crippen LogP contribution is 2.48. The summed E-state index contributed by atoms with van der Waals surface area (Å²) in [5.41, 5.74) is -2.15. The van der Waals surface area contributed by atoms with Crippen LogP contribution in [-0.4, -0.2) is 71.8 Å². The third kappa shape index (κ3) is 5.91. The number of rotatable bonds is 8. The van der Waals surface area contributed by atoms with E-state index >= 15 is 0 Å². The van der Waals surface area contributed by atoms with Gasteiger partial charge in [0.1, 0.15) is 30.8 Å². The van der Waals surface area contributed by atoms with Crippen LogP contribution >= 0.6 is 7.82 Å². The number of ether oxygens (including phenoxy) is 2. The lowest BCUT2D eigenvalue weighted by Gasteiger charge is -2.22. The van der Waals surface area contributed by atoms with Crippen LogP contribution in [-0.2, 0) is 23.1 Å². The summed E-state index contributed by atoms with van der Waals surface area (Å²) in [4.78, 5) is 61.9.